The molecule has 0 unspecified atom stereocenters. The zero-order valence-electron chi connectivity index (χ0n) is 13.3. The molecule has 0 saturated carbocycles. The maximum absolute atomic E-state index is 9.45. The number of aliphatic hydroxyl groups is 1. The molecule has 4 aromatic rings. The van der Waals surface area contributed by atoms with Gasteiger partial charge >= 0.3 is 0 Å². The van der Waals surface area contributed by atoms with E-state index < -0.39 is 0 Å². The van der Waals surface area contributed by atoms with Crippen LogP contribution in [0.2, 0.25) is 0 Å². The van der Waals surface area contributed by atoms with E-state index >= 15 is 0 Å². The first kappa shape index (κ1) is 13.5. The Bertz CT molecular complexity index is 923. The summed E-state index contributed by atoms with van der Waals surface area (Å²) in [4.78, 5) is 0. The standard InChI is InChI=1S/C21H20O/c1-21(2,3)18-10-16-6-4-14-8-13(12-22)9-15-5-7-17(11-18)20(16)19(14)15/h4-11,22H,12H2,1-3H3. The molecule has 0 bridgehead atoms. The summed E-state index contributed by atoms with van der Waals surface area (Å²) in [6.45, 7) is 6.86. The molecule has 22 heavy (non-hydrogen) atoms. The maximum atomic E-state index is 9.45. The summed E-state index contributed by atoms with van der Waals surface area (Å²) in [5.74, 6) is 0. The lowest BCUT2D eigenvalue weighted by Crippen LogP contribution is -2.10. The Morgan fingerprint density at radius 2 is 1.14 bits per heavy atom. The van der Waals surface area contributed by atoms with Crippen LogP contribution in [0, 0.1) is 0 Å². The second-order valence-corrected chi connectivity index (χ2v) is 7.25. The Labute approximate surface area is 130 Å². The van der Waals surface area contributed by atoms with Crippen LogP contribution in [0.1, 0.15) is 31.9 Å². The topological polar surface area (TPSA) is 20.2 Å². The van der Waals surface area contributed by atoms with Gasteiger partial charge in [-0.05, 0) is 61.0 Å². The fourth-order valence-corrected chi connectivity index (χ4v) is 3.43. The molecule has 0 aliphatic heterocycles. The number of aliphatic hydroxyl groups excluding tert-OH is 1. The van der Waals surface area contributed by atoms with Crippen LogP contribution in [0.3, 0.4) is 0 Å². The van der Waals surface area contributed by atoms with Crippen molar-refractivity contribution in [1.82, 2.24) is 0 Å². The molecule has 0 aliphatic rings. The van der Waals surface area contributed by atoms with Gasteiger partial charge in [0.2, 0.25) is 0 Å². The molecule has 110 valence electrons. The van der Waals surface area contributed by atoms with Gasteiger partial charge in [-0.2, -0.15) is 0 Å². The van der Waals surface area contributed by atoms with Gasteiger partial charge in [0, 0.05) is 0 Å². The second kappa shape index (κ2) is 4.44. The third-order valence-electron chi connectivity index (χ3n) is 4.64. The maximum Gasteiger partial charge on any atom is 0.0682 e. The quantitative estimate of drug-likeness (QED) is 0.467. The van der Waals surface area contributed by atoms with E-state index in [1.54, 1.807) is 0 Å². The number of hydrogen-bond donors (Lipinski definition) is 1. The first-order chi connectivity index (χ1) is 10.5. The molecule has 1 nitrogen and oxygen atoms in total. The van der Waals surface area contributed by atoms with Gasteiger partial charge in [-0.3, -0.25) is 0 Å². The highest BCUT2D eigenvalue weighted by Gasteiger charge is 2.17. The molecule has 4 rings (SSSR count). The summed E-state index contributed by atoms with van der Waals surface area (Å²) in [6, 6.07) is 17.6. The van der Waals surface area contributed by atoms with Gasteiger partial charge < -0.3 is 5.11 Å². The van der Waals surface area contributed by atoms with Gasteiger partial charge in [-0.15, -0.1) is 0 Å². The molecule has 0 fully saturated rings. The van der Waals surface area contributed by atoms with E-state index in [1.165, 1.54) is 37.9 Å². The summed E-state index contributed by atoms with van der Waals surface area (Å²) in [6.07, 6.45) is 0. The molecule has 0 heterocycles. The highest BCUT2D eigenvalue weighted by molar-refractivity contribution is 6.23. The van der Waals surface area contributed by atoms with Crippen molar-refractivity contribution in [3.05, 3.63) is 59.7 Å². The molecule has 1 heteroatoms. The summed E-state index contributed by atoms with van der Waals surface area (Å²) in [7, 11) is 0. The van der Waals surface area contributed by atoms with E-state index in [0.717, 1.165) is 5.56 Å². The van der Waals surface area contributed by atoms with E-state index in [9.17, 15) is 5.11 Å². The first-order valence-corrected chi connectivity index (χ1v) is 7.80. The van der Waals surface area contributed by atoms with Crippen LogP contribution in [0.4, 0.5) is 0 Å². The lowest BCUT2D eigenvalue weighted by molar-refractivity contribution is 0.282. The molecule has 0 saturated heterocycles. The largest absolute Gasteiger partial charge is 0.392 e. The fourth-order valence-electron chi connectivity index (χ4n) is 3.43. The van der Waals surface area contributed by atoms with Crippen molar-refractivity contribution in [3.63, 3.8) is 0 Å². The Hall–Kier alpha value is -2.12. The van der Waals surface area contributed by atoms with Gasteiger partial charge in [-0.25, -0.2) is 0 Å². The average Bonchev–Trinajstić information content (AvgIpc) is 2.50. The van der Waals surface area contributed by atoms with Gasteiger partial charge in [0.05, 0.1) is 6.61 Å². The van der Waals surface area contributed by atoms with Crippen LogP contribution in [0.15, 0.2) is 48.5 Å². The molecule has 0 aliphatic carbocycles. The predicted octanol–water partition coefficient (Wildman–Crippen LogP) is 5.37. The monoisotopic (exact) mass is 288 g/mol. The van der Waals surface area contributed by atoms with Gasteiger partial charge in [0.15, 0.2) is 0 Å². The lowest BCUT2D eigenvalue weighted by Gasteiger charge is -2.21. The molecule has 0 aromatic heterocycles. The van der Waals surface area contributed by atoms with Gasteiger partial charge in [0.25, 0.3) is 0 Å². The van der Waals surface area contributed by atoms with Crippen LogP contribution in [0.5, 0.6) is 0 Å². The van der Waals surface area contributed by atoms with Crippen molar-refractivity contribution in [2.75, 3.05) is 0 Å². The normalized spacial score (nSPS) is 12.7. The van der Waals surface area contributed by atoms with Crippen molar-refractivity contribution in [1.29, 1.82) is 0 Å². The van der Waals surface area contributed by atoms with Gasteiger partial charge in [-0.1, -0.05) is 57.2 Å². The smallest absolute Gasteiger partial charge is 0.0682 e. The van der Waals surface area contributed by atoms with Crippen molar-refractivity contribution in [2.45, 2.75) is 32.8 Å². The molecule has 4 aromatic carbocycles. The van der Waals surface area contributed by atoms with Crippen molar-refractivity contribution >= 4 is 32.3 Å². The number of benzene rings is 4. The van der Waals surface area contributed by atoms with Crippen LogP contribution in [-0.4, -0.2) is 5.11 Å². The third-order valence-corrected chi connectivity index (χ3v) is 4.64. The minimum absolute atomic E-state index is 0.0879. The van der Waals surface area contributed by atoms with Crippen molar-refractivity contribution in [3.8, 4) is 0 Å². The highest BCUT2D eigenvalue weighted by Crippen LogP contribution is 2.37. The SMILES string of the molecule is CC(C)(C)c1cc2ccc3cc(CO)cc4ccc(c1)c2c34. The second-order valence-electron chi connectivity index (χ2n) is 7.25. The van der Waals surface area contributed by atoms with E-state index in [-0.39, 0.29) is 12.0 Å². The fraction of sp³-hybridized carbons (Fsp3) is 0.238. The zero-order chi connectivity index (χ0) is 15.5. The van der Waals surface area contributed by atoms with E-state index in [0.29, 0.717) is 0 Å². The van der Waals surface area contributed by atoms with E-state index in [1.807, 2.05) is 0 Å². The molecular formula is C21H20O. The highest BCUT2D eigenvalue weighted by atomic mass is 16.3. The van der Waals surface area contributed by atoms with Crippen LogP contribution < -0.4 is 0 Å². The van der Waals surface area contributed by atoms with E-state index in [4.69, 9.17) is 0 Å². The first-order valence-electron chi connectivity index (χ1n) is 7.80. The zero-order valence-corrected chi connectivity index (χ0v) is 13.3. The van der Waals surface area contributed by atoms with Crippen LogP contribution in [0.25, 0.3) is 32.3 Å². The average molecular weight is 288 g/mol. The molecule has 0 radical (unpaired) electrons. The predicted molar refractivity (Wildman–Crippen MR) is 94.8 cm³/mol. The Kier molecular flexibility index (Phi) is 2.73. The molecule has 0 amide bonds. The van der Waals surface area contributed by atoms with Crippen molar-refractivity contribution < 1.29 is 5.11 Å². The molecular weight excluding hydrogens is 268 g/mol. The summed E-state index contributed by atoms with van der Waals surface area (Å²) in [5.41, 5.74) is 2.49. The summed E-state index contributed by atoms with van der Waals surface area (Å²) in [5, 5.41) is 17.1. The molecule has 0 atom stereocenters. The number of hydrogen-bond acceptors (Lipinski definition) is 1. The lowest BCUT2D eigenvalue weighted by atomic mass is 9.83. The molecule has 0 spiro atoms. The third kappa shape index (κ3) is 1.89. The number of rotatable bonds is 1. The van der Waals surface area contributed by atoms with Crippen LogP contribution >= 0.6 is 0 Å². The Morgan fingerprint density at radius 1 is 0.727 bits per heavy atom. The Morgan fingerprint density at radius 3 is 1.50 bits per heavy atom. The van der Waals surface area contributed by atoms with Crippen molar-refractivity contribution in [2.24, 2.45) is 0 Å². The summed E-state index contributed by atoms with van der Waals surface area (Å²) >= 11 is 0. The summed E-state index contributed by atoms with van der Waals surface area (Å²) < 4.78 is 0. The Balaban J connectivity index is 2.18. The minimum Gasteiger partial charge on any atom is -0.392 e. The van der Waals surface area contributed by atoms with E-state index in [2.05, 4.69) is 69.3 Å². The minimum atomic E-state index is 0.0879. The van der Waals surface area contributed by atoms with Crippen LogP contribution in [-0.2, 0) is 12.0 Å². The van der Waals surface area contributed by atoms with Gasteiger partial charge in [0.1, 0.15) is 0 Å². The molecule has 1 N–H and O–H groups in total.